The van der Waals surface area contributed by atoms with E-state index in [0.717, 1.165) is 16.3 Å². The molecule has 1 saturated heterocycles. The Labute approximate surface area is 159 Å². The number of rotatable bonds is 3. The van der Waals surface area contributed by atoms with Crippen molar-refractivity contribution >= 4 is 20.8 Å². The molecular formula is C22H20N2O2S. The number of benzene rings is 3. The monoisotopic (exact) mass is 376 g/mol. The molecule has 0 unspecified atom stereocenters. The van der Waals surface area contributed by atoms with Crippen LogP contribution in [0.2, 0.25) is 0 Å². The van der Waals surface area contributed by atoms with Crippen LogP contribution in [0.3, 0.4) is 0 Å². The average Bonchev–Trinajstić information content (AvgIpc) is 2.74. The molecule has 0 spiro atoms. The van der Waals surface area contributed by atoms with E-state index >= 15 is 0 Å². The number of piperidine rings is 1. The smallest absolute Gasteiger partial charge is 0.207 e. The van der Waals surface area contributed by atoms with Crippen molar-refractivity contribution in [1.29, 1.82) is 5.26 Å². The average molecular weight is 376 g/mol. The van der Waals surface area contributed by atoms with Crippen LogP contribution in [0.1, 0.15) is 18.4 Å². The van der Waals surface area contributed by atoms with Crippen LogP contribution in [0.25, 0.3) is 10.8 Å². The van der Waals surface area contributed by atoms with E-state index in [-0.39, 0.29) is 0 Å². The maximum absolute atomic E-state index is 13.1. The largest absolute Gasteiger partial charge is 0.243 e. The summed E-state index contributed by atoms with van der Waals surface area (Å²) in [6.07, 6.45) is 1.00. The van der Waals surface area contributed by atoms with E-state index in [1.165, 1.54) is 4.31 Å². The molecule has 0 radical (unpaired) electrons. The summed E-state index contributed by atoms with van der Waals surface area (Å²) in [5.41, 5.74) is 0.353. The molecule has 0 saturated carbocycles. The van der Waals surface area contributed by atoms with E-state index in [1.807, 2.05) is 60.7 Å². The van der Waals surface area contributed by atoms with Gasteiger partial charge in [0, 0.05) is 13.1 Å². The lowest BCUT2D eigenvalue weighted by molar-refractivity contribution is 0.277. The Morgan fingerprint density at radius 2 is 1.48 bits per heavy atom. The number of nitriles is 1. The van der Waals surface area contributed by atoms with Gasteiger partial charge in [-0.25, -0.2) is 8.42 Å². The summed E-state index contributed by atoms with van der Waals surface area (Å²) in [4.78, 5) is 0.311. The van der Waals surface area contributed by atoms with E-state index < -0.39 is 15.4 Å². The van der Waals surface area contributed by atoms with Gasteiger partial charge in [0.25, 0.3) is 0 Å². The minimum Gasteiger partial charge on any atom is -0.207 e. The third-order valence-electron chi connectivity index (χ3n) is 5.48. The summed E-state index contributed by atoms with van der Waals surface area (Å²) >= 11 is 0. The normalized spacial score (nSPS) is 17.4. The second-order valence-electron chi connectivity index (χ2n) is 6.97. The highest BCUT2D eigenvalue weighted by molar-refractivity contribution is 7.89. The van der Waals surface area contributed by atoms with E-state index in [0.29, 0.717) is 30.8 Å². The molecule has 1 aliphatic heterocycles. The van der Waals surface area contributed by atoms with E-state index in [2.05, 4.69) is 6.07 Å². The van der Waals surface area contributed by atoms with Crippen molar-refractivity contribution in [3.63, 3.8) is 0 Å². The highest BCUT2D eigenvalue weighted by Gasteiger charge is 2.40. The molecule has 3 aromatic carbocycles. The Balaban J connectivity index is 1.60. The molecule has 1 fully saturated rings. The fourth-order valence-electron chi connectivity index (χ4n) is 3.81. The Hall–Kier alpha value is -2.68. The van der Waals surface area contributed by atoms with Crippen LogP contribution in [0.15, 0.2) is 77.7 Å². The van der Waals surface area contributed by atoms with Gasteiger partial charge in [-0.3, -0.25) is 0 Å². The van der Waals surface area contributed by atoms with Crippen LogP contribution < -0.4 is 0 Å². The van der Waals surface area contributed by atoms with Crippen molar-refractivity contribution < 1.29 is 8.42 Å². The first-order valence-corrected chi connectivity index (χ1v) is 10.4. The number of hydrogen-bond donors (Lipinski definition) is 0. The van der Waals surface area contributed by atoms with Crippen molar-refractivity contribution in [3.8, 4) is 6.07 Å². The Kier molecular flexibility index (Phi) is 4.47. The van der Waals surface area contributed by atoms with Crippen LogP contribution in [0, 0.1) is 11.3 Å². The van der Waals surface area contributed by atoms with Crippen molar-refractivity contribution in [2.45, 2.75) is 23.2 Å². The number of nitrogens with zero attached hydrogens (tertiary/aromatic N) is 2. The van der Waals surface area contributed by atoms with Gasteiger partial charge in [-0.2, -0.15) is 9.57 Å². The third-order valence-corrected chi connectivity index (χ3v) is 7.37. The molecule has 1 heterocycles. The highest BCUT2D eigenvalue weighted by atomic mass is 32.2. The Bertz CT molecular complexity index is 1110. The quantitative estimate of drug-likeness (QED) is 0.692. The third kappa shape index (κ3) is 3.12. The second-order valence-corrected chi connectivity index (χ2v) is 8.91. The summed E-state index contributed by atoms with van der Waals surface area (Å²) in [5, 5.41) is 11.7. The highest BCUT2D eigenvalue weighted by Crippen LogP contribution is 2.36. The molecule has 27 heavy (non-hydrogen) atoms. The fourth-order valence-corrected chi connectivity index (χ4v) is 5.28. The van der Waals surface area contributed by atoms with E-state index in [9.17, 15) is 13.7 Å². The minimum atomic E-state index is -3.57. The van der Waals surface area contributed by atoms with Gasteiger partial charge < -0.3 is 0 Å². The zero-order valence-corrected chi connectivity index (χ0v) is 15.7. The SMILES string of the molecule is N#CC1(c2ccccc2)CCN(S(=O)(=O)c2ccc3ccccc3c2)CC1. The summed E-state index contributed by atoms with van der Waals surface area (Å²) < 4.78 is 27.7. The molecule has 4 nitrogen and oxygen atoms in total. The summed E-state index contributed by atoms with van der Waals surface area (Å²) in [6, 6.07) is 25.1. The first kappa shape index (κ1) is 17.7. The molecule has 0 atom stereocenters. The first-order chi connectivity index (χ1) is 13.0. The maximum atomic E-state index is 13.1. The summed E-state index contributed by atoms with van der Waals surface area (Å²) in [7, 11) is -3.57. The molecule has 0 amide bonds. The molecule has 0 aromatic heterocycles. The van der Waals surface area contributed by atoms with Crippen molar-refractivity contribution in [3.05, 3.63) is 78.4 Å². The molecule has 0 aliphatic carbocycles. The zero-order chi connectivity index (χ0) is 18.9. The van der Waals surface area contributed by atoms with E-state index in [1.54, 1.807) is 12.1 Å². The maximum Gasteiger partial charge on any atom is 0.243 e. The van der Waals surface area contributed by atoms with Gasteiger partial charge in [0.05, 0.1) is 16.4 Å². The number of fused-ring (bicyclic) bond motifs is 1. The van der Waals surface area contributed by atoms with Gasteiger partial charge in [0.1, 0.15) is 0 Å². The predicted octanol–water partition coefficient (Wildman–Crippen LogP) is 4.09. The molecule has 1 aliphatic rings. The van der Waals surface area contributed by atoms with Crippen molar-refractivity contribution in [1.82, 2.24) is 4.31 Å². The number of hydrogen-bond acceptors (Lipinski definition) is 3. The van der Waals surface area contributed by atoms with Crippen LogP contribution in [0.5, 0.6) is 0 Å². The zero-order valence-electron chi connectivity index (χ0n) is 14.9. The van der Waals surface area contributed by atoms with Gasteiger partial charge in [0.15, 0.2) is 0 Å². The molecule has 0 bridgehead atoms. The molecule has 3 aromatic rings. The standard InChI is InChI=1S/C22H20N2O2S/c23-17-22(20-8-2-1-3-9-20)12-14-24(15-13-22)27(25,26)21-11-10-18-6-4-5-7-19(18)16-21/h1-11,16H,12-15H2. The number of sulfonamides is 1. The van der Waals surface area contributed by atoms with Crippen LogP contribution in [0.4, 0.5) is 0 Å². The van der Waals surface area contributed by atoms with Crippen LogP contribution in [-0.2, 0) is 15.4 Å². The van der Waals surface area contributed by atoms with E-state index in [4.69, 9.17) is 0 Å². The second kappa shape index (κ2) is 6.80. The summed E-state index contributed by atoms with van der Waals surface area (Å²) in [5.74, 6) is 0. The lowest BCUT2D eigenvalue weighted by Gasteiger charge is -2.37. The van der Waals surface area contributed by atoms with Gasteiger partial charge >= 0.3 is 0 Å². The molecule has 0 N–H and O–H groups in total. The Morgan fingerprint density at radius 3 is 2.15 bits per heavy atom. The molecule has 4 rings (SSSR count). The van der Waals surface area contributed by atoms with Crippen LogP contribution >= 0.6 is 0 Å². The Morgan fingerprint density at radius 1 is 0.852 bits per heavy atom. The van der Waals surface area contributed by atoms with Crippen molar-refractivity contribution in [2.75, 3.05) is 13.1 Å². The lowest BCUT2D eigenvalue weighted by atomic mass is 9.74. The van der Waals surface area contributed by atoms with Gasteiger partial charge in [-0.15, -0.1) is 0 Å². The predicted molar refractivity (Wildman–Crippen MR) is 106 cm³/mol. The molecule has 5 heteroatoms. The molecular weight excluding hydrogens is 356 g/mol. The lowest BCUT2D eigenvalue weighted by Crippen LogP contribution is -2.44. The fraction of sp³-hybridized carbons (Fsp3) is 0.227. The van der Waals surface area contributed by atoms with Crippen LogP contribution in [-0.4, -0.2) is 25.8 Å². The topological polar surface area (TPSA) is 61.2 Å². The van der Waals surface area contributed by atoms with Gasteiger partial charge in [-0.1, -0.05) is 60.7 Å². The summed E-state index contributed by atoms with van der Waals surface area (Å²) in [6.45, 7) is 0.690. The van der Waals surface area contributed by atoms with Gasteiger partial charge in [-0.05, 0) is 41.3 Å². The first-order valence-electron chi connectivity index (χ1n) is 9.01. The van der Waals surface area contributed by atoms with Gasteiger partial charge in [0.2, 0.25) is 10.0 Å². The van der Waals surface area contributed by atoms with Crippen molar-refractivity contribution in [2.24, 2.45) is 0 Å². The molecule has 136 valence electrons. The minimum absolute atomic E-state index is 0.311.